The summed E-state index contributed by atoms with van der Waals surface area (Å²) in [5, 5.41) is 14.1. The molecule has 2 aromatic rings. The number of carbonyl (C=O) groups is 2. The molecule has 1 N–H and O–H groups in total. The van der Waals surface area contributed by atoms with Crippen LogP contribution in [0.2, 0.25) is 0 Å². The van der Waals surface area contributed by atoms with E-state index in [9.17, 15) is 28.1 Å². The van der Waals surface area contributed by atoms with Crippen molar-refractivity contribution in [1.82, 2.24) is 10.2 Å². The van der Waals surface area contributed by atoms with E-state index in [-0.39, 0.29) is 29.9 Å². The lowest BCUT2D eigenvalue weighted by molar-refractivity contribution is -0.384. The minimum Gasteiger partial charge on any atom is -0.352 e. The Kier molecular flexibility index (Phi) is 10.00. The Balaban J connectivity index is 2.47. The molecule has 196 valence electrons. The highest BCUT2D eigenvalue weighted by Crippen LogP contribution is 2.28. The second-order valence-corrected chi connectivity index (χ2v) is 11.5. The smallest absolute Gasteiger partial charge is 0.271 e. The van der Waals surface area contributed by atoms with E-state index in [0.29, 0.717) is 12.0 Å². The third-order valence-corrected chi connectivity index (χ3v) is 7.44. The first-order valence-corrected chi connectivity index (χ1v) is 14.0. The van der Waals surface area contributed by atoms with Crippen LogP contribution in [-0.4, -0.2) is 54.9 Å². The van der Waals surface area contributed by atoms with E-state index in [1.807, 2.05) is 13.8 Å². The van der Waals surface area contributed by atoms with Crippen LogP contribution in [0.4, 0.5) is 11.4 Å². The van der Waals surface area contributed by atoms with Gasteiger partial charge in [-0.25, -0.2) is 8.42 Å². The summed E-state index contributed by atoms with van der Waals surface area (Å²) in [6, 6.07) is 10.0. The number of nitrogens with zero attached hydrogens (tertiary/aromatic N) is 3. The standard InChI is InChI=1S/C24H31BrN4O6S/c1-6-17(3)26-24(31)18(4)27(14-19-8-10-20(25)11-9-19)23(30)15-28(36(5,34)35)22-13-21(29(32)33)12-7-16(22)2/h7-13,17-18H,6,14-15H2,1-5H3,(H,26,31)/t17-,18+/m1/s1. The number of nitrogens with one attached hydrogen (secondary N) is 1. The van der Waals surface area contributed by atoms with Crippen LogP contribution in [0, 0.1) is 17.0 Å². The van der Waals surface area contributed by atoms with E-state index < -0.39 is 33.4 Å². The fraction of sp³-hybridized carbons (Fsp3) is 0.417. The summed E-state index contributed by atoms with van der Waals surface area (Å²) in [6.45, 7) is 6.39. The Labute approximate surface area is 220 Å². The number of anilines is 1. The van der Waals surface area contributed by atoms with Gasteiger partial charge < -0.3 is 10.2 Å². The van der Waals surface area contributed by atoms with Gasteiger partial charge in [0, 0.05) is 29.2 Å². The topological polar surface area (TPSA) is 130 Å². The molecule has 2 aromatic carbocycles. The monoisotopic (exact) mass is 582 g/mol. The van der Waals surface area contributed by atoms with Crippen LogP contribution in [-0.2, 0) is 26.2 Å². The summed E-state index contributed by atoms with van der Waals surface area (Å²) in [6.07, 6.45) is 1.63. The van der Waals surface area contributed by atoms with E-state index in [0.717, 1.165) is 26.7 Å². The predicted octanol–water partition coefficient (Wildman–Crippen LogP) is 3.76. The summed E-state index contributed by atoms with van der Waals surface area (Å²) in [5.74, 6) is -0.992. The van der Waals surface area contributed by atoms with Gasteiger partial charge >= 0.3 is 0 Å². The van der Waals surface area contributed by atoms with Gasteiger partial charge in [0.2, 0.25) is 21.8 Å². The summed E-state index contributed by atoms with van der Waals surface area (Å²) in [5.41, 5.74) is 0.915. The number of aryl methyl sites for hydroxylation is 1. The van der Waals surface area contributed by atoms with Gasteiger partial charge in [-0.3, -0.25) is 24.0 Å². The van der Waals surface area contributed by atoms with Crippen molar-refractivity contribution in [1.29, 1.82) is 0 Å². The van der Waals surface area contributed by atoms with Gasteiger partial charge in [-0.05, 0) is 50.5 Å². The Morgan fingerprint density at radius 3 is 2.28 bits per heavy atom. The number of nitro benzene ring substituents is 1. The molecule has 0 radical (unpaired) electrons. The predicted molar refractivity (Wildman–Crippen MR) is 142 cm³/mol. The van der Waals surface area contributed by atoms with Crippen molar-refractivity contribution in [2.45, 2.75) is 52.7 Å². The zero-order chi connectivity index (χ0) is 27.2. The maximum absolute atomic E-state index is 13.6. The number of nitro groups is 1. The fourth-order valence-corrected chi connectivity index (χ4v) is 4.57. The summed E-state index contributed by atoms with van der Waals surface area (Å²) in [7, 11) is -4.00. The van der Waals surface area contributed by atoms with Gasteiger partial charge in [0.1, 0.15) is 12.6 Å². The Hall–Kier alpha value is -2.99. The fourth-order valence-electron chi connectivity index (χ4n) is 3.41. The lowest BCUT2D eigenvalue weighted by Crippen LogP contribution is -2.52. The average Bonchev–Trinajstić information content (AvgIpc) is 2.81. The first kappa shape index (κ1) is 29.2. The Bertz CT molecular complexity index is 1220. The molecule has 0 bridgehead atoms. The van der Waals surface area contributed by atoms with Crippen molar-refractivity contribution in [3.8, 4) is 0 Å². The number of hydrogen-bond acceptors (Lipinski definition) is 6. The van der Waals surface area contributed by atoms with E-state index in [2.05, 4.69) is 21.2 Å². The molecule has 2 amide bonds. The zero-order valence-corrected chi connectivity index (χ0v) is 23.3. The van der Waals surface area contributed by atoms with Crippen LogP contribution in [0.5, 0.6) is 0 Å². The molecule has 0 saturated carbocycles. The summed E-state index contributed by atoms with van der Waals surface area (Å²) >= 11 is 3.36. The Morgan fingerprint density at radius 1 is 1.14 bits per heavy atom. The van der Waals surface area contributed by atoms with E-state index in [4.69, 9.17) is 0 Å². The minimum atomic E-state index is -4.00. The van der Waals surface area contributed by atoms with Crippen LogP contribution >= 0.6 is 15.9 Å². The third-order valence-electron chi connectivity index (χ3n) is 5.79. The number of sulfonamides is 1. The first-order chi connectivity index (χ1) is 16.7. The van der Waals surface area contributed by atoms with Crippen LogP contribution < -0.4 is 9.62 Å². The number of carbonyl (C=O) groups excluding carboxylic acids is 2. The van der Waals surface area contributed by atoms with Crippen LogP contribution in [0.15, 0.2) is 46.9 Å². The molecule has 10 nitrogen and oxygen atoms in total. The molecule has 12 heteroatoms. The van der Waals surface area contributed by atoms with Gasteiger partial charge in [-0.15, -0.1) is 0 Å². The van der Waals surface area contributed by atoms with Crippen molar-refractivity contribution in [3.05, 3.63) is 68.2 Å². The molecule has 0 spiro atoms. The molecule has 2 atom stereocenters. The van der Waals surface area contributed by atoms with Crippen molar-refractivity contribution in [2.75, 3.05) is 17.1 Å². The average molecular weight is 584 g/mol. The van der Waals surface area contributed by atoms with Crippen LogP contribution in [0.1, 0.15) is 38.3 Å². The molecule has 0 aliphatic carbocycles. The van der Waals surface area contributed by atoms with Crippen molar-refractivity contribution in [2.24, 2.45) is 0 Å². The number of amides is 2. The summed E-state index contributed by atoms with van der Waals surface area (Å²) in [4.78, 5) is 38.4. The number of rotatable bonds is 11. The maximum atomic E-state index is 13.6. The van der Waals surface area contributed by atoms with Gasteiger partial charge in [0.25, 0.3) is 5.69 Å². The Morgan fingerprint density at radius 2 is 1.75 bits per heavy atom. The van der Waals surface area contributed by atoms with Gasteiger partial charge in [0.15, 0.2) is 0 Å². The maximum Gasteiger partial charge on any atom is 0.271 e. The lowest BCUT2D eigenvalue weighted by Gasteiger charge is -2.32. The highest BCUT2D eigenvalue weighted by molar-refractivity contribution is 9.10. The van der Waals surface area contributed by atoms with E-state index >= 15 is 0 Å². The largest absolute Gasteiger partial charge is 0.352 e. The van der Waals surface area contributed by atoms with Crippen LogP contribution in [0.25, 0.3) is 0 Å². The van der Waals surface area contributed by atoms with E-state index in [1.165, 1.54) is 17.0 Å². The number of benzene rings is 2. The molecule has 0 aliphatic heterocycles. The van der Waals surface area contributed by atoms with Gasteiger partial charge in [-0.1, -0.05) is 41.1 Å². The normalized spacial score (nSPS) is 12.9. The van der Waals surface area contributed by atoms with Crippen LogP contribution in [0.3, 0.4) is 0 Å². The molecule has 2 rings (SSSR count). The third kappa shape index (κ3) is 7.76. The molecule has 0 fully saturated rings. The molecular weight excluding hydrogens is 552 g/mol. The molecule has 0 saturated heterocycles. The number of non-ortho nitro benzene ring substituents is 1. The lowest BCUT2D eigenvalue weighted by atomic mass is 10.1. The molecule has 36 heavy (non-hydrogen) atoms. The molecule has 0 unspecified atom stereocenters. The second kappa shape index (κ2) is 12.3. The highest BCUT2D eigenvalue weighted by atomic mass is 79.9. The zero-order valence-electron chi connectivity index (χ0n) is 20.9. The molecular formula is C24H31BrN4O6S. The number of hydrogen-bond donors (Lipinski definition) is 1. The number of halogens is 1. The second-order valence-electron chi connectivity index (χ2n) is 8.64. The van der Waals surface area contributed by atoms with Gasteiger partial charge in [-0.2, -0.15) is 0 Å². The molecule has 0 aromatic heterocycles. The van der Waals surface area contributed by atoms with E-state index in [1.54, 1.807) is 38.1 Å². The quantitative estimate of drug-likeness (QED) is 0.317. The highest BCUT2D eigenvalue weighted by Gasteiger charge is 2.31. The minimum absolute atomic E-state index is 0.0281. The first-order valence-electron chi connectivity index (χ1n) is 11.3. The van der Waals surface area contributed by atoms with Crippen molar-refractivity contribution in [3.63, 3.8) is 0 Å². The van der Waals surface area contributed by atoms with Crippen molar-refractivity contribution >= 4 is 49.1 Å². The SMILES string of the molecule is CC[C@@H](C)NC(=O)[C@H](C)N(Cc1ccc(Br)cc1)C(=O)CN(c1cc([N+](=O)[O-])ccc1C)S(C)(=O)=O. The van der Waals surface area contributed by atoms with Gasteiger partial charge in [0.05, 0.1) is 16.9 Å². The van der Waals surface area contributed by atoms with Crippen molar-refractivity contribution < 1.29 is 22.9 Å². The molecule has 0 heterocycles. The summed E-state index contributed by atoms with van der Waals surface area (Å²) < 4.78 is 27.1. The molecule has 0 aliphatic rings.